The van der Waals surface area contributed by atoms with Crippen LogP contribution in [0.1, 0.15) is 77.5 Å². The second kappa shape index (κ2) is 13.9. The van der Waals surface area contributed by atoms with Crippen LogP contribution < -0.4 is 16.0 Å². The van der Waals surface area contributed by atoms with E-state index in [9.17, 15) is 19.5 Å². The van der Waals surface area contributed by atoms with Crippen molar-refractivity contribution in [2.45, 2.75) is 96.7 Å². The summed E-state index contributed by atoms with van der Waals surface area (Å²) in [6.07, 6.45) is 1.56. The van der Waals surface area contributed by atoms with Crippen LogP contribution in [0.25, 0.3) is 0 Å². The summed E-state index contributed by atoms with van der Waals surface area (Å²) in [5.41, 5.74) is 0.708. The maximum absolute atomic E-state index is 13.8. The van der Waals surface area contributed by atoms with Gasteiger partial charge in [0.15, 0.2) is 6.29 Å². The van der Waals surface area contributed by atoms with Crippen LogP contribution in [0.15, 0.2) is 24.3 Å². The SMILES string of the molecule is COC(CC(C)(C)C(NC(=O)[C@H](CCO)NC(=O)OC(C)(C)C)C(=O)NC1CCCc2ccccc21)OC. The smallest absolute Gasteiger partial charge is 0.408 e. The number of amides is 3. The van der Waals surface area contributed by atoms with Crippen LogP contribution in [0.3, 0.4) is 0 Å². The van der Waals surface area contributed by atoms with E-state index in [1.165, 1.54) is 19.8 Å². The number of carbonyl (C=O) groups is 3. The zero-order valence-electron chi connectivity index (χ0n) is 23.8. The van der Waals surface area contributed by atoms with Crippen molar-refractivity contribution in [2.75, 3.05) is 20.8 Å². The fourth-order valence-corrected chi connectivity index (χ4v) is 4.68. The molecule has 214 valence electrons. The molecule has 4 N–H and O–H groups in total. The fraction of sp³-hybridized carbons (Fsp3) is 0.679. The van der Waals surface area contributed by atoms with E-state index in [2.05, 4.69) is 22.0 Å². The Morgan fingerprint density at radius 2 is 1.68 bits per heavy atom. The standard InChI is InChI=1S/C28H45N3O7/c1-27(2,3)38-26(35)30-21(15-16-32)24(33)31-23(28(4,5)17-22(36-6)37-7)25(34)29-20-14-10-12-18-11-8-9-13-19(18)20/h8-9,11,13,20-23,32H,10,12,14-17H2,1-7H3,(H,29,34)(H,30,35)(H,31,33)/t20?,21-,23?/m0/s1. The highest BCUT2D eigenvalue weighted by Crippen LogP contribution is 2.32. The summed E-state index contributed by atoms with van der Waals surface area (Å²) < 4.78 is 16.0. The lowest BCUT2D eigenvalue weighted by Crippen LogP contribution is -2.59. The van der Waals surface area contributed by atoms with Gasteiger partial charge in [-0.3, -0.25) is 9.59 Å². The average Bonchev–Trinajstić information content (AvgIpc) is 2.84. The molecule has 3 atom stereocenters. The molecule has 0 heterocycles. The van der Waals surface area contributed by atoms with E-state index in [1.54, 1.807) is 20.8 Å². The summed E-state index contributed by atoms with van der Waals surface area (Å²) in [5, 5.41) is 18.0. The third kappa shape index (κ3) is 9.25. The fourth-order valence-electron chi connectivity index (χ4n) is 4.68. The molecule has 1 aliphatic rings. The number of carbonyl (C=O) groups excluding carboxylic acids is 3. The van der Waals surface area contributed by atoms with Crippen molar-refractivity contribution in [1.82, 2.24) is 16.0 Å². The number of hydrogen-bond donors (Lipinski definition) is 4. The van der Waals surface area contributed by atoms with Gasteiger partial charge in [0, 0.05) is 27.2 Å². The molecule has 1 aromatic rings. The Hall–Kier alpha value is -2.69. The zero-order chi connectivity index (χ0) is 28.5. The van der Waals surface area contributed by atoms with Crippen LogP contribution in [0.5, 0.6) is 0 Å². The Morgan fingerprint density at radius 1 is 1.03 bits per heavy atom. The minimum absolute atomic E-state index is 0.0470. The maximum atomic E-state index is 13.8. The Kier molecular flexibility index (Phi) is 11.5. The first kappa shape index (κ1) is 31.5. The molecule has 2 rings (SSSR count). The largest absolute Gasteiger partial charge is 0.444 e. The van der Waals surface area contributed by atoms with Gasteiger partial charge in [-0.2, -0.15) is 0 Å². The van der Waals surface area contributed by atoms with E-state index in [0.717, 1.165) is 24.8 Å². The van der Waals surface area contributed by atoms with Crippen LogP contribution in [-0.2, 0) is 30.2 Å². The predicted octanol–water partition coefficient (Wildman–Crippen LogP) is 2.98. The molecule has 0 aromatic heterocycles. The number of hydrogen-bond acceptors (Lipinski definition) is 7. The van der Waals surface area contributed by atoms with Crippen LogP contribution in [0.4, 0.5) is 4.79 Å². The molecule has 0 bridgehead atoms. The number of aliphatic hydroxyl groups excluding tert-OH is 1. The number of nitrogens with one attached hydrogen (secondary N) is 3. The molecule has 0 spiro atoms. The van der Waals surface area contributed by atoms with E-state index >= 15 is 0 Å². The number of benzene rings is 1. The second-order valence-electron chi connectivity index (χ2n) is 11.4. The Morgan fingerprint density at radius 3 is 2.29 bits per heavy atom. The molecule has 3 amide bonds. The topological polar surface area (TPSA) is 135 Å². The number of methoxy groups -OCH3 is 2. The van der Waals surface area contributed by atoms with Gasteiger partial charge in [-0.05, 0) is 63.0 Å². The monoisotopic (exact) mass is 535 g/mol. The average molecular weight is 536 g/mol. The Labute approximate surface area is 226 Å². The Bertz CT molecular complexity index is 941. The molecule has 2 unspecified atom stereocenters. The lowest BCUT2D eigenvalue weighted by molar-refractivity contribution is -0.142. The van der Waals surface area contributed by atoms with Crippen LogP contribution in [0, 0.1) is 5.41 Å². The number of alkyl carbamates (subject to hydrolysis) is 1. The van der Waals surface area contributed by atoms with E-state index in [4.69, 9.17) is 14.2 Å². The minimum Gasteiger partial charge on any atom is -0.444 e. The van der Waals surface area contributed by atoms with Crippen LogP contribution in [0.2, 0.25) is 0 Å². The predicted molar refractivity (Wildman–Crippen MR) is 143 cm³/mol. The van der Waals surface area contributed by atoms with Crippen molar-refractivity contribution < 1.29 is 33.7 Å². The van der Waals surface area contributed by atoms with Crippen molar-refractivity contribution in [1.29, 1.82) is 0 Å². The molecule has 10 nitrogen and oxygen atoms in total. The molecule has 0 saturated carbocycles. The van der Waals surface area contributed by atoms with Crippen molar-refractivity contribution in [3.8, 4) is 0 Å². The first-order chi connectivity index (χ1) is 17.8. The van der Waals surface area contributed by atoms with Gasteiger partial charge in [0.25, 0.3) is 0 Å². The number of rotatable bonds is 12. The highest BCUT2D eigenvalue weighted by Gasteiger charge is 2.41. The number of ether oxygens (including phenoxy) is 3. The van der Waals surface area contributed by atoms with Gasteiger partial charge >= 0.3 is 6.09 Å². The van der Waals surface area contributed by atoms with Crippen molar-refractivity contribution in [3.63, 3.8) is 0 Å². The van der Waals surface area contributed by atoms with Gasteiger partial charge in [-0.25, -0.2) is 4.79 Å². The molecule has 38 heavy (non-hydrogen) atoms. The third-order valence-electron chi connectivity index (χ3n) is 6.66. The summed E-state index contributed by atoms with van der Waals surface area (Å²) in [6, 6.07) is 5.76. The summed E-state index contributed by atoms with van der Waals surface area (Å²) >= 11 is 0. The van der Waals surface area contributed by atoms with Crippen LogP contribution in [-0.4, -0.2) is 67.8 Å². The van der Waals surface area contributed by atoms with Gasteiger partial charge in [-0.1, -0.05) is 38.1 Å². The van der Waals surface area contributed by atoms with E-state index in [-0.39, 0.29) is 25.0 Å². The number of fused-ring (bicyclic) bond motifs is 1. The molecule has 1 aliphatic carbocycles. The molecule has 0 fully saturated rings. The van der Waals surface area contributed by atoms with Crippen molar-refractivity contribution in [3.05, 3.63) is 35.4 Å². The van der Waals surface area contributed by atoms with Crippen molar-refractivity contribution >= 4 is 17.9 Å². The van der Waals surface area contributed by atoms with Gasteiger partial charge in [0.2, 0.25) is 11.8 Å². The number of aliphatic hydroxyl groups is 1. The van der Waals surface area contributed by atoms with Crippen molar-refractivity contribution in [2.24, 2.45) is 5.41 Å². The molecular weight excluding hydrogens is 490 g/mol. The quantitative estimate of drug-likeness (QED) is 0.302. The van der Waals surface area contributed by atoms with E-state index in [1.807, 2.05) is 32.0 Å². The maximum Gasteiger partial charge on any atom is 0.408 e. The number of aryl methyl sites for hydroxylation is 1. The highest BCUT2D eigenvalue weighted by atomic mass is 16.7. The normalized spacial score (nSPS) is 17.2. The van der Waals surface area contributed by atoms with Crippen LogP contribution >= 0.6 is 0 Å². The van der Waals surface area contributed by atoms with Gasteiger partial charge in [0.05, 0.1) is 6.04 Å². The molecule has 0 saturated heterocycles. The first-order valence-corrected chi connectivity index (χ1v) is 13.2. The lowest BCUT2D eigenvalue weighted by Gasteiger charge is -2.38. The summed E-state index contributed by atoms with van der Waals surface area (Å²) in [6.45, 7) is 8.48. The molecule has 0 radical (unpaired) electrons. The zero-order valence-corrected chi connectivity index (χ0v) is 23.8. The van der Waals surface area contributed by atoms with E-state index < -0.39 is 41.4 Å². The highest BCUT2D eigenvalue weighted by molar-refractivity contribution is 5.92. The lowest BCUT2D eigenvalue weighted by atomic mass is 9.79. The molecule has 1 aromatic carbocycles. The van der Waals surface area contributed by atoms with Gasteiger partial charge in [0.1, 0.15) is 17.7 Å². The first-order valence-electron chi connectivity index (χ1n) is 13.2. The summed E-state index contributed by atoms with van der Waals surface area (Å²) in [7, 11) is 3.03. The molecular formula is C28H45N3O7. The van der Waals surface area contributed by atoms with Gasteiger partial charge < -0.3 is 35.3 Å². The molecule has 0 aliphatic heterocycles. The minimum atomic E-state index is -1.10. The van der Waals surface area contributed by atoms with Gasteiger partial charge in [-0.15, -0.1) is 0 Å². The summed E-state index contributed by atoms with van der Waals surface area (Å²) in [4.78, 5) is 39.5. The van der Waals surface area contributed by atoms with E-state index in [0.29, 0.717) is 6.42 Å². The molecule has 10 heteroatoms. The summed E-state index contributed by atoms with van der Waals surface area (Å²) in [5.74, 6) is -0.954. The Balaban J connectivity index is 2.29. The third-order valence-corrected chi connectivity index (χ3v) is 6.66. The second-order valence-corrected chi connectivity index (χ2v) is 11.4.